The predicted octanol–water partition coefficient (Wildman–Crippen LogP) is 2.32. The lowest BCUT2D eigenvalue weighted by Gasteiger charge is -2.34. The summed E-state index contributed by atoms with van der Waals surface area (Å²) >= 11 is 0. The number of hydrogen-bond acceptors (Lipinski definition) is 3. The van der Waals surface area contributed by atoms with Crippen molar-refractivity contribution in [3.05, 3.63) is 23.9 Å². The molecule has 1 aliphatic heterocycles. The maximum atomic E-state index is 12.6. The van der Waals surface area contributed by atoms with E-state index in [0.29, 0.717) is 19.6 Å². The van der Waals surface area contributed by atoms with E-state index < -0.39 is 12.1 Å². The molecule has 0 amide bonds. The highest BCUT2D eigenvalue weighted by atomic mass is 19.4. The van der Waals surface area contributed by atoms with Crippen LogP contribution in [0.4, 0.5) is 19.0 Å². The molecule has 2 rings (SSSR count). The summed E-state index contributed by atoms with van der Waals surface area (Å²) in [5.41, 5.74) is 6.48. The zero-order chi connectivity index (χ0) is 13.2. The predicted molar refractivity (Wildman–Crippen MR) is 63.1 cm³/mol. The SMILES string of the molecule is NCc1cccnc1N1CCC(C(F)(F)F)CC1. The number of aromatic nitrogens is 1. The number of pyridine rings is 1. The van der Waals surface area contributed by atoms with Crippen molar-refractivity contribution in [2.24, 2.45) is 11.7 Å². The average molecular weight is 259 g/mol. The first-order valence-corrected chi connectivity index (χ1v) is 5.98. The van der Waals surface area contributed by atoms with Crippen LogP contribution in [0.5, 0.6) is 0 Å². The van der Waals surface area contributed by atoms with E-state index in [4.69, 9.17) is 5.73 Å². The van der Waals surface area contributed by atoms with Crippen LogP contribution in [0.2, 0.25) is 0 Å². The van der Waals surface area contributed by atoms with Gasteiger partial charge in [-0.05, 0) is 18.9 Å². The third-order valence-corrected chi connectivity index (χ3v) is 3.34. The van der Waals surface area contributed by atoms with Crippen LogP contribution in [0.15, 0.2) is 18.3 Å². The molecule has 6 heteroatoms. The molecule has 1 aromatic heterocycles. The van der Waals surface area contributed by atoms with E-state index in [2.05, 4.69) is 4.98 Å². The van der Waals surface area contributed by atoms with Crippen molar-refractivity contribution in [1.29, 1.82) is 0 Å². The van der Waals surface area contributed by atoms with Crippen molar-refractivity contribution in [3.8, 4) is 0 Å². The number of halogens is 3. The Bertz CT molecular complexity index is 398. The standard InChI is InChI=1S/C12H16F3N3/c13-12(14,15)10-3-6-18(7-4-10)11-9(8-16)2-1-5-17-11/h1-2,5,10H,3-4,6-8,16H2. The van der Waals surface area contributed by atoms with Crippen LogP contribution in [0.25, 0.3) is 0 Å². The molecule has 18 heavy (non-hydrogen) atoms. The minimum Gasteiger partial charge on any atom is -0.356 e. The largest absolute Gasteiger partial charge is 0.391 e. The number of rotatable bonds is 2. The molecule has 2 N–H and O–H groups in total. The van der Waals surface area contributed by atoms with Gasteiger partial charge in [0.15, 0.2) is 0 Å². The number of nitrogens with two attached hydrogens (primary N) is 1. The molecular weight excluding hydrogens is 243 g/mol. The third-order valence-electron chi connectivity index (χ3n) is 3.34. The van der Waals surface area contributed by atoms with E-state index in [1.807, 2.05) is 11.0 Å². The molecule has 1 aromatic rings. The van der Waals surface area contributed by atoms with Crippen molar-refractivity contribution >= 4 is 5.82 Å². The quantitative estimate of drug-likeness (QED) is 0.886. The third kappa shape index (κ3) is 2.75. The summed E-state index contributed by atoms with van der Waals surface area (Å²) in [5.74, 6) is -0.459. The molecule has 3 nitrogen and oxygen atoms in total. The van der Waals surface area contributed by atoms with Crippen molar-refractivity contribution in [2.75, 3.05) is 18.0 Å². The molecule has 0 bridgehead atoms. The Morgan fingerprint density at radius 2 is 2.00 bits per heavy atom. The summed E-state index contributed by atoms with van der Waals surface area (Å²) in [4.78, 5) is 6.12. The van der Waals surface area contributed by atoms with Crippen LogP contribution in [0, 0.1) is 5.92 Å². The first-order chi connectivity index (χ1) is 8.52. The van der Waals surface area contributed by atoms with Gasteiger partial charge in [-0.2, -0.15) is 13.2 Å². The summed E-state index contributed by atoms with van der Waals surface area (Å²) in [6.07, 6.45) is -2.18. The molecule has 0 aliphatic carbocycles. The fourth-order valence-corrected chi connectivity index (χ4v) is 2.29. The van der Waals surface area contributed by atoms with Gasteiger partial charge < -0.3 is 10.6 Å². The molecule has 2 heterocycles. The Kier molecular flexibility index (Phi) is 3.75. The molecule has 0 spiro atoms. The molecule has 100 valence electrons. The Morgan fingerprint density at radius 3 is 2.56 bits per heavy atom. The summed E-state index contributed by atoms with van der Waals surface area (Å²) in [6.45, 7) is 1.12. The molecule has 0 aromatic carbocycles. The topological polar surface area (TPSA) is 42.1 Å². The Labute approximate surface area is 104 Å². The van der Waals surface area contributed by atoms with Gasteiger partial charge in [0.25, 0.3) is 0 Å². The van der Waals surface area contributed by atoms with Crippen LogP contribution in [-0.2, 0) is 6.54 Å². The minimum atomic E-state index is -4.08. The van der Waals surface area contributed by atoms with Crippen LogP contribution in [0.1, 0.15) is 18.4 Å². The Balaban J connectivity index is 2.06. The fraction of sp³-hybridized carbons (Fsp3) is 0.583. The monoisotopic (exact) mass is 259 g/mol. The Morgan fingerprint density at radius 1 is 1.33 bits per heavy atom. The van der Waals surface area contributed by atoms with Crippen LogP contribution < -0.4 is 10.6 Å². The molecule has 0 atom stereocenters. The maximum absolute atomic E-state index is 12.6. The fourth-order valence-electron chi connectivity index (χ4n) is 2.29. The van der Waals surface area contributed by atoms with E-state index in [1.54, 1.807) is 12.3 Å². The van der Waals surface area contributed by atoms with Crippen molar-refractivity contribution in [3.63, 3.8) is 0 Å². The first kappa shape index (κ1) is 13.1. The van der Waals surface area contributed by atoms with Gasteiger partial charge in [-0.15, -0.1) is 0 Å². The summed E-state index contributed by atoms with van der Waals surface area (Å²) in [5, 5.41) is 0. The lowest BCUT2D eigenvalue weighted by Crippen LogP contribution is -2.39. The van der Waals surface area contributed by atoms with Gasteiger partial charge in [0.05, 0.1) is 5.92 Å². The Hall–Kier alpha value is -1.30. The van der Waals surface area contributed by atoms with Crippen molar-refractivity contribution in [1.82, 2.24) is 4.98 Å². The number of hydrogen-bond donors (Lipinski definition) is 1. The zero-order valence-electron chi connectivity index (χ0n) is 9.95. The van der Waals surface area contributed by atoms with Gasteiger partial charge in [-0.1, -0.05) is 6.07 Å². The van der Waals surface area contributed by atoms with Crippen molar-refractivity contribution in [2.45, 2.75) is 25.6 Å². The van der Waals surface area contributed by atoms with Crippen LogP contribution in [-0.4, -0.2) is 24.2 Å². The van der Waals surface area contributed by atoms with Crippen LogP contribution >= 0.6 is 0 Å². The van der Waals surface area contributed by atoms with Gasteiger partial charge in [0.1, 0.15) is 5.82 Å². The van der Waals surface area contributed by atoms with Gasteiger partial charge in [0, 0.05) is 31.4 Å². The molecule has 0 unspecified atom stereocenters. The number of anilines is 1. The van der Waals surface area contributed by atoms with Gasteiger partial charge in [-0.3, -0.25) is 0 Å². The minimum absolute atomic E-state index is 0.129. The van der Waals surface area contributed by atoms with Gasteiger partial charge in [-0.25, -0.2) is 4.98 Å². The van der Waals surface area contributed by atoms with E-state index in [-0.39, 0.29) is 12.8 Å². The summed E-state index contributed by atoms with van der Waals surface area (Å²) in [6, 6.07) is 3.65. The van der Waals surface area contributed by atoms with Crippen molar-refractivity contribution < 1.29 is 13.2 Å². The number of alkyl halides is 3. The van der Waals surface area contributed by atoms with E-state index in [1.165, 1.54) is 0 Å². The smallest absolute Gasteiger partial charge is 0.356 e. The second-order valence-electron chi connectivity index (χ2n) is 4.49. The summed E-state index contributed by atoms with van der Waals surface area (Å²) < 4.78 is 37.7. The molecule has 0 radical (unpaired) electrons. The lowest BCUT2D eigenvalue weighted by molar-refractivity contribution is -0.179. The average Bonchev–Trinajstić information content (AvgIpc) is 2.38. The van der Waals surface area contributed by atoms with Crippen LogP contribution in [0.3, 0.4) is 0 Å². The molecule has 0 saturated carbocycles. The van der Waals surface area contributed by atoms with Gasteiger partial charge >= 0.3 is 6.18 Å². The van der Waals surface area contributed by atoms with E-state index >= 15 is 0 Å². The normalized spacial score (nSPS) is 18.1. The van der Waals surface area contributed by atoms with E-state index in [0.717, 1.165) is 11.4 Å². The highest BCUT2D eigenvalue weighted by molar-refractivity contribution is 5.46. The molecule has 1 aliphatic rings. The zero-order valence-corrected chi connectivity index (χ0v) is 9.95. The second kappa shape index (κ2) is 5.14. The second-order valence-corrected chi connectivity index (χ2v) is 4.49. The highest BCUT2D eigenvalue weighted by Gasteiger charge is 2.41. The van der Waals surface area contributed by atoms with Gasteiger partial charge in [0.2, 0.25) is 0 Å². The maximum Gasteiger partial charge on any atom is 0.391 e. The molecule has 1 fully saturated rings. The number of piperidine rings is 1. The lowest BCUT2D eigenvalue weighted by atomic mass is 9.96. The molecular formula is C12H16F3N3. The first-order valence-electron chi connectivity index (χ1n) is 5.98. The highest BCUT2D eigenvalue weighted by Crippen LogP contribution is 2.35. The van der Waals surface area contributed by atoms with E-state index in [9.17, 15) is 13.2 Å². The summed E-state index contributed by atoms with van der Waals surface area (Å²) in [7, 11) is 0. The molecule has 1 saturated heterocycles. The number of nitrogens with zero attached hydrogens (tertiary/aromatic N) is 2.